The lowest BCUT2D eigenvalue weighted by molar-refractivity contribution is 0.198. The van der Waals surface area contributed by atoms with Crippen LogP contribution in [0.3, 0.4) is 0 Å². The molecule has 25 heavy (non-hydrogen) atoms. The average Bonchev–Trinajstić information content (AvgIpc) is 2.98. The van der Waals surface area contributed by atoms with Gasteiger partial charge in [0.15, 0.2) is 11.3 Å². The van der Waals surface area contributed by atoms with E-state index in [1.807, 2.05) is 13.0 Å². The van der Waals surface area contributed by atoms with Crippen LogP contribution in [-0.4, -0.2) is 31.1 Å². The van der Waals surface area contributed by atoms with E-state index >= 15 is 0 Å². The molecular formula is C20H20FNO3. The third-order valence-corrected chi connectivity index (χ3v) is 4.95. The molecule has 5 heteroatoms. The molecule has 1 atom stereocenters. The summed E-state index contributed by atoms with van der Waals surface area (Å²) in [5.41, 5.74) is 1.39. The van der Waals surface area contributed by atoms with Gasteiger partial charge in [-0.2, -0.15) is 0 Å². The van der Waals surface area contributed by atoms with Gasteiger partial charge in [-0.15, -0.1) is 0 Å². The number of aryl methyl sites for hydroxylation is 1. The standard InChI is InChI=1S/C20H20FNO3/c1-12-8-16-19(23)15-6-5-13(21)10-17(15)25-20(16)18(9-12)24-11-14-4-3-7-22(14)2/h5-6,8-10,14H,3-4,7,11H2,1-2H3/t14-/m1/s1. The zero-order valence-electron chi connectivity index (χ0n) is 14.3. The summed E-state index contributed by atoms with van der Waals surface area (Å²) in [6.07, 6.45) is 2.26. The molecular weight excluding hydrogens is 321 g/mol. The minimum atomic E-state index is -0.433. The van der Waals surface area contributed by atoms with Crippen molar-refractivity contribution in [2.24, 2.45) is 0 Å². The van der Waals surface area contributed by atoms with E-state index in [1.54, 1.807) is 6.07 Å². The maximum atomic E-state index is 13.5. The Morgan fingerprint density at radius 3 is 2.88 bits per heavy atom. The number of nitrogens with zero attached hydrogens (tertiary/aromatic N) is 1. The van der Waals surface area contributed by atoms with Gasteiger partial charge in [0, 0.05) is 12.1 Å². The lowest BCUT2D eigenvalue weighted by atomic mass is 10.1. The van der Waals surface area contributed by atoms with Crippen LogP contribution in [0.2, 0.25) is 0 Å². The molecule has 0 aliphatic carbocycles. The lowest BCUT2D eigenvalue weighted by Gasteiger charge is -2.20. The minimum absolute atomic E-state index is 0.164. The molecule has 2 heterocycles. The molecule has 0 unspecified atom stereocenters. The SMILES string of the molecule is Cc1cc(OC[C@H]2CCCN2C)c2oc3cc(F)ccc3c(=O)c2c1. The molecule has 1 aromatic heterocycles. The normalized spacial score (nSPS) is 18.3. The van der Waals surface area contributed by atoms with E-state index in [-0.39, 0.29) is 11.0 Å². The van der Waals surface area contributed by atoms with Crippen LogP contribution in [0.4, 0.5) is 4.39 Å². The predicted octanol–water partition coefficient (Wildman–Crippen LogP) is 3.87. The summed E-state index contributed by atoms with van der Waals surface area (Å²) < 4.78 is 25.4. The molecule has 1 saturated heterocycles. The quantitative estimate of drug-likeness (QED) is 0.678. The Bertz CT molecular complexity index is 1010. The molecule has 0 N–H and O–H groups in total. The highest BCUT2D eigenvalue weighted by Crippen LogP contribution is 2.30. The summed E-state index contributed by atoms with van der Waals surface area (Å²) in [5, 5.41) is 0.842. The van der Waals surface area contributed by atoms with E-state index in [2.05, 4.69) is 11.9 Å². The highest BCUT2D eigenvalue weighted by Gasteiger charge is 2.22. The fraction of sp³-hybridized carbons (Fsp3) is 0.350. The first kappa shape index (κ1) is 16.1. The smallest absolute Gasteiger partial charge is 0.200 e. The van der Waals surface area contributed by atoms with Crippen LogP contribution < -0.4 is 10.2 Å². The molecule has 3 aromatic rings. The fourth-order valence-corrected chi connectivity index (χ4v) is 3.52. The number of hydrogen-bond donors (Lipinski definition) is 0. The number of benzene rings is 2. The molecule has 4 rings (SSSR count). The molecule has 0 radical (unpaired) electrons. The Hall–Kier alpha value is -2.40. The van der Waals surface area contributed by atoms with Crippen molar-refractivity contribution in [1.82, 2.24) is 4.90 Å². The van der Waals surface area contributed by atoms with Crippen molar-refractivity contribution in [3.63, 3.8) is 0 Å². The zero-order chi connectivity index (χ0) is 17.6. The van der Waals surface area contributed by atoms with Gasteiger partial charge < -0.3 is 14.1 Å². The summed E-state index contributed by atoms with van der Waals surface area (Å²) in [4.78, 5) is 15.0. The summed E-state index contributed by atoms with van der Waals surface area (Å²) >= 11 is 0. The summed E-state index contributed by atoms with van der Waals surface area (Å²) in [6, 6.07) is 8.00. The zero-order valence-corrected chi connectivity index (χ0v) is 14.3. The second-order valence-corrected chi connectivity index (χ2v) is 6.80. The molecule has 1 aliphatic heterocycles. The van der Waals surface area contributed by atoms with Gasteiger partial charge in [-0.25, -0.2) is 4.39 Å². The highest BCUT2D eigenvalue weighted by atomic mass is 19.1. The van der Waals surface area contributed by atoms with E-state index < -0.39 is 5.82 Å². The number of likely N-dealkylation sites (tertiary alicyclic amines) is 1. The second kappa shape index (κ2) is 6.15. The van der Waals surface area contributed by atoms with E-state index in [0.29, 0.717) is 34.8 Å². The van der Waals surface area contributed by atoms with Gasteiger partial charge in [0.25, 0.3) is 0 Å². The number of rotatable bonds is 3. The van der Waals surface area contributed by atoms with Gasteiger partial charge in [-0.05, 0) is 63.2 Å². The topological polar surface area (TPSA) is 42.7 Å². The van der Waals surface area contributed by atoms with Gasteiger partial charge in [-0.1, -0.05) is 0 Å². The van der Waals surface area contributed by atoms with Crippen LogP contribution in [0.1, 0.15) is 18.4 Å². The fourth-order valence-electron chi connectivity index (χ4n) is 3.52. The van der Waals surface area contributed by atoms with Gasteiger partial charge in [-0.3, -0.25) is 4.79 Å². The summed E-state index contributed by atoms with van der Waals surface area (Å²) in [6.45, 7) is 3.53. The Balaban J connectivity index is 1.82. The summed E-state index contributed by atoms with van der Waals surface area (Å²) in [5.74, 6) is 0.107. The Labute approximate surface area is 144 Å². The number of ether oxygens (including phenoxy) is 1. The lowest BCUT2D eigenvalue weighted by Crippen LogP contribution is -2.30. The van der Waals surface area contributed by atoms with Crippen molar-refractivity contribution in [2.75, 3.05) is 20.2 Å². The molecule has 1 fully saturated rings. The van der Waals surface area contributed by atoms with Gasteiger partial charge in [0.2, 0.25) is 5.43 Å². The monoisotopic (exact) mass is 341 g/mol. The first-order chi connectivity index (χ1) is 12.0. The van der Waals surface area contributed by atoms with Crippen LogP contribution in [0.25, 0.3) is 21.9 Å². The Morgan fingerprint density at radius 1 is 1.28 bits per heavy atom. The van der Waals surface area contributed by atoms with Crippen LogP contribution >= 0.6 is 0 Å². The van der Waals surface area contributed by atoms with Crippen molar-refractivity contribution in [2.45, 2.75) is 25.8 Å². The van der Waals surface area contributed by atoms with Crippen molar-refractivity contribution in [3.05, 3.63) is 51.9 Å². The van der Waals surface area contributed by atoms with Crippen molar-refractivity contribution in [1.29, 1.82) is 0 Å². The molecule has 0 bridgehead atoms. The highest BCUT2D eigenvalue weighted by molar-refractivity contribution is 5.92. The summed E-state index contributed by atoms with van der Waals surface area (Å²) in [7, 11) is 2.09. The molecule has 0 amide bonds. The molecule has 0 spiro atoms. The first-order valence-corrected chi connectivity index (χ1v) is 8.53. The first-order valence-electron chi connectivity index (χ1n) is 8.53. The largest absolute Gasteiger partial charge is 0.488 e. The van der Waals surface area contributed by atoms with Gasteiger partial charge in [0.1, 0.15) is 18.0 Å². The second-order valence-electron chi connectivity index (χ2n) is 6.80. The predicted molar refractivity (Wildman–Crippen MR) is 95.8 cm³/mol. The molecule has 0 saturated carbocycles. The van der Waals surface area contributed by atoms with Crippen molar-refractivity contribution in [3.8, 4) is 5.75 Å². The van der Waals surface area contributed by atoms with Crippen LogP contribution in [0, 0.1) is 12.7 Å². The number of likely N-dealkylation sites (N-methyl/N-ethyl adjacent to an activating group) is 1. The van der Waals surface area contributed by atoms with Crippen LogP contribution in [-0.2, 0) is 0 Å². The molecule has 4 nitrogen and oxygen atoms in total. The van der Waals surface area contributed by atoms with E-state index in [1.165, 1.54) is 18.2 Å². The van der Waals surface area contributed by atoms with E-state index in [4.69, 9.17) is 9.15 Å². The molecule has 2 aromatic carbocycles. The number of hydrogen-bond acceptors (Lipinski definition) is 4. The van der Waals surface area contributed by atoms with E-state index in [0.717, 1.165) is 24.9 Å². The Morgan fingerprint density at radius 2 is 2.12 bits per heavy atom. The van der Waals surface area contributed by atoms with Gasteiger partial charge in [0.05, 0.1) is 10.8 Å². The van der Waals surface area contributed by atoms with Crippen LogP contribution in [0.15, 0.2) is 39.5 Å². The number of halogens is 1. The van der Waals surface area contributed by atoms with Crippen molar-refractivity contribution >= 4 is 21.9 Å². The van der Waals surface area contributed by atoms with Gasteiger partial charge >= 0.3 is 0 Å². The maximum Gasteiger partial charge on any atom is 0.200 e. The average molecular weight is 341 g/mol. The minimum Gasteiger partial charge on any atom is -0.488 e. The van der Waals surface area contributed by atoms with Crippen LogP contribution in [0.5, 0.6) is 5.75 Å². The molecule has 130 valence electrons. The van der Waals surface area contributed by atoms with E-state index in [9.17, 15) is 9.18 Å². The number of fused-ring (bicyclic) bond motifs is 2. The Kier molecular flexibility index (Phi) is 3.96. The molecule has 1 aliphatic rings. The third kappa shape index (κ3) is 2.89. The third-order valence-electron chi connectivity index (χ3n) is 4.95. The maximum absolute atomic E-state index is 13.5. The van der Waals surface area contributed by atoms with Crippen molar-refractivity contribution < 1.29 is 13.5 Å².